The lowest BCUT2D eigenvalue weighted by molar-refractivity contribution is -0.139. The Morgan fingerprint density at radius 1 is 1.73 bits per heavy atom. The Kier molecular flexibility index (Phi) is 5.01. The Labute approximate surface area is 67.1 Å². The van der Waals surface area contributed by atoms with Crippen molar-refractivity contribution >= 4 is 17.0 Å². The van der Waals surface area contributed by atoms with E-state index >= 15 is 0 Å². The van der Waals surface area contributed by atoms with Gasteiger partial charge in [-0.3, -0.25) is 4.79 Å². The van der Waals surface area contributed by atoms with Crippen LogP contribution in [0.1, 0.15) is 6.42 Å². The molecule has 66 valence electrons. The minimum absolute atomic E-state index is 0.0161. The van der Waals surface area contributed by atoms with E-state index < -0.39 is 23.1 Å². The van der Waals surface area contributed by atoms with Crippen molar-refractivity contribution in [3.05, 3.63) is 0 Å². The summed E-state index contributed by atoms with van der Waals surface area (Å²) in [6.07, 6.45) is 0.162. The van der Waals surface area contributed by atoms with E-state index in [4.69, 9.17) is 9.66 Å². The van der Waals surface area contributed by atoms with E-state index in [-0.39, 0.29) is 12.2 Å². The molecule has 0 heterocycles. The van der Waals surface area contributed by atoms with Crippen molar-refractivity contribution in [2.75, 3.05) is 12.8 Å². The molecule has 11 heavy (non-hydrogen) atoms. The highest BCUT2D eigenvalue weighted by Crippen LogP contribution is 1.92. The fourth-order valence-electron chi connectivity index (χ4n) is 0.610. The predicted octanol–water partition coefficient (Wildman–Crippen LogP) is -0.729. The summed E-state index contributed by atoms with van der Waals surface area (Å²) < 4.78 is 18.5. The highest BCUT2D eigenvalue weighted by Gasteiger charge is 2.14. The Balaban J connectivity index is 3.70. The van der Waals surface area contributed by atoms with E-state index in [9.17, 15) is 9.00 Å². The van der Waals surface area contributed by atoms with Crippen molar-refractivity contribution in [2.24, 2.45) is 0 Å². The number of hydrogen-bond acceptors (Lipinski definition) is 3. The molecular weight excluding hydrogens is 170 g/mol. The van der Waals surface area contributed by atoms with Gasteiger partial charge in [0.1, 0.15) is 6.04 Å². The molecule has 0 aliphatic carbocycles. The number of hydrogen-bond donors (Lipinski definition) is 3. The van der Waals surface area contributed by atoms with Crippen molar-refractivity contribution in [1.29, 1.82) is 0 Å². The van der Waals surface area contributed by atoms with Crippen molar-refractivity contribution in [3.8, 4) is 0 Å². The first-order chi connectivity index (χ1) is 5.07. The third-order valence-corrected chi connectivity index (χ3v) is 1.81. The Morgan fingerprint density at radius 2 is 2.27 bits per heavy atom. The summed E-state index contributed by atoms with van der Waals surface area (Å²) in [6, 6.07) is -0.730. The van der Waals surface area contributed by atoms with Gasteiger partial charge >= 0.3 is 5.97 Å². The van der Waals surface area contributed by atoms with Gasteiger partial charge < -0.3 is 15.0 Å². The number of carboxylic acids is 1. The number of nitrogens with one attached hydrogen (secondary N) is 1. The lowest BCUT2D eigenvalue weighted by Crippen LogP contribution is -2.34. The molecular formula is C5H11NO4S. The van der Waals surface area contributed by atoms with Crippen LogP contribution in [0.25, 0.3) is 0 Å². The molecule has 0 aromatic carbocycles. The van der Waals surface area contributed by atoms with E-state index in [1.54, 1.807) is 0 Å². The molecule has 0 aromatic heterocycles. The monoisotopic (exact) mass is 181 g/mol. The minimum atomic E-state index is -1.91. The first-order valence-electron chi connectivity index (χ1n) is 3.05. The summed E-state index contributed by atoms with van der Waals surface area (Å²) in [4.78, 5) is 10.3. The second-order valence-electron chi connectivity index (χ2n) is 1.99. The molecule has 2 atom stereocenters. The molecule has 0 spiro atoms. The maximum Gasteiger partial charge on any atom is 0.320 e. The van der Waals surface area contributed by atoms with Crippen LogP contribution in [0.3, 0.4) is 0 Å². The van der Waals surface area contributed by atoms with Crippen LogP contribution >= 0.6 is 0 Å². The maximum absolute atomic E-state index is 10.3. The third-order valence-electron chi connectivity index (χ3n) is 1.23. The fraction of sp³-hybridized carbons (Fsp3) is 0.800. The number of rotatable bonds is 5. The summed E-state index contributed by atoms with van der Waals surface area (Å²) in [6.45, 7) is 0. The molecule has 0 amide bonds. The average molecular weight is 181 g/mol. The van der Waals surface area contributed by atoms with Gasteiger partial charge in [0.05, 0.1) is 5.75 Å². The number of carbonyl (C=O) groups is 1. The van der Waals surface area contributed by atoms with Gasteiger partial charge in [0.2, 0.25) is 0 Å². The minimum Gasteiger partial charge on any atom is -0.480 e. The third kappa shape index (κ3) is 4.88. The van der Waals surface area contributed by atoms with E-state index in [1.165, 1.54) is 7.05 Å². The van der Waals surface area contributed by atoms with E-state index in [0.29, 0.717) is 0 Å². The highest BCUT2D eigenvalue weighted by atomic mass is 32.2. The zero-order chi connectivity index (χ0) is 8.85. The molecule has 0 aliphatic rings. The molecule has 0 bridgehead atoms. The predicted molar refractivity (Wildman–Crippen MR) is 40.7 cm³/mol. The topological polar surface area (TPSA) is 86.6 Å². The molecule has 0 fully saturated rings. The average Bonchev–Trinajstić information content (AvgIpc) is 1.87. The fourth-order valence-corrected chi connectivity index (χ4v) is 1.05. The van der Waals surface area contributed by atoms with Crippen LogP contribution in [0.4, 0.5) is 0 Å². The molecule has 0 aromatic rings. The standard InChI is InChI=1S/C5H11NO4S/c1-6-4(5(7)8)2-3-11(9)10/h4,6H,2-3H2,1H3,(H,7,8)(H,9,10). The normalized spacial score (nSPS) is 15.8. The first-order valence-corrected chi connectivity index (χ1v) is 4.33. The van der Waals surface area contributed by atoms with E-state index in [0.717, 1.165) is 0 Å². The summed E-state index contributed by atoms with van der Waals surface area (Å²) in [7, 11) is 1.50. The van der Waals surface area contributed by atoms with Crippen LogP contribution in [0.2, 0.25) is 0 Å². The van der Waals surface area contributed by atoms with Crippen molar-refractivity contribution in [2.45, 2.75) is 12.5 Å². The number of aliphatic carboxylic acids is 1. The van der Waals surface area contributed by atoms with Gasteiger partial charge in [-0.25, -0.2) is 4.21 Å². The second kappa shape index (κ2) is 5.22. The summed E-state index contributed by atoms with van der Waals surface area (Å²) in [5.41, 5.74) is 0. The van der Waals surface area contributed by atoms with Crippen LogP contribution in [-0.4, -0.2) is 38.7 Å². The molecule has 0 radical (unpaired) electrons. The number of likely N-dealkylation sites (N-methyl/N-ethyl adjacent to an activating group) is 1. The van der Waals surface area contributed by atoms with Crippen molar-refractivity contribution in [3.63, 3.8) is 0 Å². The largest absolute Gasteiger partial charge is 0.480 e. The van der Waals surface area contributed by atoms with Crippen molar-refractivity contribution < 1.29 is 18.7 Å². The zero-order valence-corrected chi connectivity index (χ0v) is 6.93. The first kappa shape index (κ1) is 10.5. The van der Waals surface area contributed by atoms with Crippen LogP contribution < -0.4 is 5.32 Å². The Morgan fingerprint density at radius 3 is 2.55 bits per heavy atom. The van der Waals surface area contributed by atoms with Crippen LogP contribution in [-0.2, 0) is 15.9 Å². The molecule has 0 saturated heterocycles. The van der Waals surface area contributed by atoms with Gasteiger partial charge in [-0.2, -0.15) is 0 Å². The van der Waals surface area contributed by atoms with Crippen LogP contribution in [0.5, 0.6) is 0 Å². The van der Waals surface area contributed by atoms with Gasteiger partial charge in [0.25, 0.3) is 0 Å². The van der Waals surface area contributed by atoms with E-state index in [1.807, 2.05) is 0 Å². The molecule has 2 unspecified atom stereocenters. The van der Waals surface area contributed by atoms with Crippen molar-refractivity contribution in [1.82, 2.24) is 5.32 Å². The van der Waals surface area contributed by atoms with Crippen LogP contribution in [0.15, 0.2) is 0 Å². The molecule has 3 N–H and O–H groups in total. The molecule has 0 rings (SSSR count). The van der Waals surface area contributed by atoms with Gasteiger partial charge in [-0.05, 0) is 13.5 Å². The Hall–Kier alpha value is -0.460. The lowest BCUT2D eigenvalue weighted by Gasteiger charge is -2.08. The summed E-state index contributed by atoms with van der Waals surface area (Å²) in [5, 5.41) is 11.0. The molecule has 6 heteroatoms. The summed E-state index contributed by atoms with van der Waals surface area (Å²) in [5.74, 6) is -1.02. The number of carboxylic acid groups (broad SMARTS) is 1. The molecule has 0 aliphatic heterocycles. The maximum atomic E-state index is 10.3. The van der Waals surface area contributed by atoms with Gasteiger partial charge in [0, 0.05) is 0 Å². The van der Waals surface area contributed by atoms with Gasteiger partial charge in [-0.1, -0.05) is 0 Å². The molecule has 5 nitrogen and oxygen atoms in total. The quantitative estimate of drug-likeness (QED) is 0.487. The Bertz CT molecular complexity index is 161. The smallest absolute Gasteiger partial charge is 0.320 e. The van der Waals surface area contributed by atoms with E-state index in [2.05, 4.69) is 5.32 Å². The van der Waals surface area contributed by atoms with Gasteiger partial charge in [-0.15, -0.1) is 0 Å². The highest BCUT2D eigenvalue weighted by molar-refractivity contribution is 7.79. The van der Waals surface area contributed by atoms with Gasteiger partial charge in [0.15, 0.2) is 11.1 Å². The SMILES string of the molecule is CNC(CCS(=O)O)C(=O)O. The zero-order valence-electron chi connectivity index (χ0n) is 6.11. The molecule has 0 saturated carbocycles. The van der Waals surface area contributed by atoms with Crippen LogP contribution in [0, 0.1) is 0 Å². The summed E-state index contributed by atoms with van der Waals surface area (Å²) >= 11 is -1.91. The second-order valence-corrected chi connectivity index (χ2v) is 3.05. The lowest BCUT2D eigenvalue weighted by atomic mass is 10.2.